The van der Waals surface area contributed by atoms with Gasteiger partial charge in [-0.25, -0.2) is 0 Å². The molecular formula is C23H25NO3. The molecule has 27 heavy (non-hydrogen) atoms. The molecule has 0 bridgehead atoms. The minimum absolute atomic E-state index is 0.509. The van der Waals surface area contributed by atoms with E-state index in [9.17, 15) is 0 Å². The van der Waals surface area contributed by atoms with Gasteiger partial charge < -0.3 is 19.5 Å². The summed E-state index contributed by atoms with van der Waals surface area (Å²) in [6.07, 6.45) is 0. The van der Waals surface area contributed by atoms with Gasteiger partial charge in [-0.15, -0.1) is 0 Å². The van der Waals surface area contributed by atoms with Crippen LogP contribution in [-0.2, 0) is 19.7 Å². The van der Waals surface area contributed by atoms with Crippen molar-refractivity contribution in [3.8, 4) is 17.2 Å². The zero-order chi connectivity index (χ0) is 18.9. The predicted octanol–water partition coefficient (Wildman–Crippen LogP) is 4.57. The second kappa shape index (κ2) is 9.64. The Balaban J connectivity index is 1.62. The SMILES string of the molecule is COc1ccccc1CNCc1ccc(OC)c(OCc2ccccc2)c1. The lowest BCUT2D eigenvalue weighted by atomic mass is 10.1. The molecule has 0 aromatic heterocycles. The van der Waals surface area contributed by atoms with Gasteiger partial charge in [0.2, 0.25) is 0 Å². The largest absolute Gasteiger partial charge is 0.496 e. The number of methoxy groups -OCH3 is 2. The van der Waals surface area contributed by atoms with Crippen LogP contribution in [0.15, 0.2) is 72.8 Å². The summed E-state index contributed by atoms with van der Waals surface area (Å²) < 4.78 is 16.8. The van der Waals surface area contributed by atoms with Crippen molar-refractivity contribution in [2.24, 2.45) is 0 Å². The van der Waals surface area contributed by atoms with Gasteiger partial charge in [-0.05, 0) is 29.3 Å². The topological polar surface area (TPSA) is 39.7 Å². The van der Waals surface area contributed by atoms with E-state index in [1.54, 1.807) is 14.2 Å². The van der Waals surface area contributed by atoms with Crippen LogP contribution in [0, 0.1) is 0 Å². The second-order valence-electron chi connectivity index (χ2n) is 6.17. The van der Waals surface area contributed by atoms with E-state index in [2.05, 4.69) is 11.4 Å². The normalized spacial score (nSPS) is 10.4. The van der Waals surface area contributed by atoms with Gasteiger partial charge in [0.25, 0.3) is 0 Å². The lowest BCUT2D eigenvalue weighted by molar-refractivity contribution is 0.284. The van der Waals surface area contributed by atoms with Gasteiger partial charge in [-0.1, -0.05) is 54.6 Å². The van der Waals surface area contributed by atoms with E-state index in [-0.39, 0.29) is 0 Å². The first-order valence-corrected chi connectivity index (χ1v) is 8.96. The number of benzene rings is 3. The third-order valence-electron chi connectivity index (χ3n) is 4.30. The van der Waals surface area contributed by atoms with Crippen LogP contribution in [0.4, 0.5) is 0 Å². The van der Waals surface area contributed by atoms with Crippen LogP contribution in [0.1, 0.15) is 16.7 Å². The molecule has 3 aromatic carbocycles. The van der Waals surface area contributed by atoms with Gasteiger partial charge in [0.1, 0.15) is 12.4 Å². The zero-order valence-electron chi connectivity index (χ0n) is 15.8. The maximum absolute atomic E-state index is 5.98. The van der Waals surface area contributed by atoms with E-state index >= 15 is 0 Å². The molecule has 0 unspecified atom stereocenters. The van der Waals surface area contributed by atoms with Crippen molar-refractivity contribution in [1.82, 2.24) is 5.32 Å². The van der Waals surface area contributed by atoms with Crippen LogP contribution in [0.25, 0.3) is 0 Å². The molecule has 0 aliphatic heterocycles. The highest BCUT2D eigenvalue weighted by Crippen LogP contribution is 2.29. The fourth-order valence-corrected chi connectivity index (χ4v) is 2.87. The van der Waals surface area contributed by atoms with E-state index in [4.69, 9.17) is 14.2 Å². The molecular weight excluding hydrogens is 338 g/mol. The van der Waals surface area contributed by atoms with Crippen LogP contribution in [0.5, 0.6) is 17.2 Å². The Labute approximate surface area is 160 Å². The fraction of sp³-hybridized carbons (Fsp3) is 0.217. The Bertz CT molecular complexity index is 849. The van der Waals surface area contributed by atoms with Crippen molar-refractivity contribution in [2.75, 3.05) is 14.2 Å². The standard InChI is InChI=1S/C23H25NO3/c1-25-21-11-7-6-10-20(21)16-24-15-19-12-13-22(26-2)23(14-19)27-17-18-8-4-3-5-9-18/h3-14,24H,15-17H2,1-2H3. The summed E-state index contributed by atoms with van der Waals surface area (Å²) in [5.41, 5.74) is 3.39. The average molecular weight is 363 g/mol. The average Bonchev–Trinajstić information content (AvgIpc) is 2.73. The Hall–Kier alpha value is -2.98. The quantitative estimate of drug-likeness (QED) is 0.604. The summed E-state index contributed by atoms with van der Waals surface area (Å²) >= 11 is 0. The minimum Gasteiger partial charge on any atom is -0.496 e. The summed E-state index contributed by atoms with van der Waals surface area (Å²) in [7, 11) is 3.35. The van der Waals surface area contributed by atoms with Crippen LogP contribution in [0.2, 0.25) is 0 Å². The molecule has 1 N–H and O–H groups in total. The van der Waals surface area contributed by atoms with Gasteiger partial charge in [0.05, 0.1) is 14.2 Å². The maximum Gasteiger partial charge on any atom is 0.161 e. The first-order chi connectivity index (χ1) is 13.3. The Morgan fingerprint density at radius 1 is 0.667 bits per heavy atom. The zero-order valence-corrected chi connectivity index (χ0v) is 15.8. The van der Waals surface area contributed by atoms with Crippen LogP contribution in [-0.4, -0.2) is 14.2 Å². The Morgan fingerprint density at radius 3 is 2.19 bits per heavy atom. The Morgan fingerprint density at radius 2 is 1.41 bits per heavy atom. The molecule has 0 fully saturated rings. The monoisotopic (exact) mass is 363 g/mol. The highest BCUT2D eigenvalue weighted by molar-refractivity contribution is 5.43. The van der Waals surface area contributed by atoms with Crippen molar-refractivity contribution in [3.05, 3.63) is 89.5 Å². The number of rotatable bonds is 9. The maximum atomic E-state index is 5.98. The lowest BCUT2D eigenvalue weighted by Crippen LogP contribution is -2.13. The number of hydrogen-bond acceptors (Lipinski definition) is 4. The molecule has 4 heteroatoms. The third-order valence-corrected chi connectivity index (χ3v) is 4.30. The summed E-state index contributed by atoms with van der Waals surface area (Å²) in [5.74, 6) is 2.38. The molecule has 3 aromatic rings. The lowest BCUT2D eigenvalue weighted by Gasteiger charge is -2.13. The molecule has 3 rings (SSSR count). The molecule has 0 saturated carbocycles. The molecule has 4 nitrogen and oxygen atoms in total. The summed E-state index contributed by atoms with van der Waals surface area (Å²) in [6, 6.07) is 24.1. The molecule has 0 aliphatic carbocycles. The third kappa shape index (κ3) is 5.25. The minimum atomic E-state index is 0.509. The predicted molar refractivity (Wildman–Crippen MR) is 107 cm³/mol. The van der Waals surface area contributed by atoms with Gasteiger partial charge in [0.15, 0.2) is 11.5 Å². The summed E-state index contributed by atoms with van der Waals surface area (Å²) in [4.78, 5) is 0. The first-order valence-electron chi connectivity index (χ1n) is 8.96. The first kappa shape index (κ1) is 18.8. The van der Waals surface area contributed by atoms with E-state index in [1.165, 1.54) is 0 Å². The molecule has 0 heterocycles. The molecule has 0 spiro atoms. The van der Waals surface area contributed by atoms with E-state index in [0.717, 1.165) is 47.0 Å². The fourth-order valence-electron chi connectivity index (χ4n) is 2.87. The molecule has 0 amide bonds. The Kier molecular flexibility index (Phi) is 6.72. The molecule has 140 valence electrons. The molecule has 0 atom stereocenters. The molecule has 0 saturated heterocycles. The van der Waals surface area contributed by atoms with E-state index in [1.807, 2.05) is 66.7 Å². The summed E-state index contributed by atoms with van der Waals surface area (Å²) in [6.45, 7) is 1.97. The number of ether oxygens (including phenoxy) is 3. The van der Waals surface area contributed by atoms with Gasteiger partial charge in [-0.2, -0.15) is 0 Å². The van der Waals surface area contributed by atoms with E-state index < -0.39 is 0 Å². The van der Waals surface area contributed by atoms with Crippen molar-refractivity contribution in [1.29, 1.82) is 0 Å². The van der Waals surface area contributed by atoms with Gasteiger partial charge in [-0.3, -0.25) is 0 Å². The van der Waals surface area contributed by atoms with Gasteiger partial charge in [0, 0.05) is 18.7 Å². The summed E-state index contributed by atoms with van der Waals surface area (Å²) in [5, 5.41) is 3.45. The van der Waals surface area contributed by atoms with Crippen molar-refractivity contribution < 1.29 is 14.2 Å². The molecule has 0 radical (unpaired) electrons. The highest BCUT2D eigenvalue weighted by Gasteiger charge is 2.07. The van der Waals surface area contributed by atoms with Crippen LogP contribution < -0.4 is 19.5 Å². The highest BCUT2D eigenvalue weighted by atomic mass is 16.5. The smallest absolute Gasteiger partial charge is 0.161 e. The second-order valence-corrected chi connectivity index (χ2v) is 6.17. The van der Waals surface area contributed by atoms with Crippen molar-refractivity contribution >= 4 is 0 Å². The van der Waals surface area contributed by atoms with Crippen LogP contribution >= 0.6 is 0 Å². The van der Waals surface area contributed by atoms with Crippen molar-refractivity contribution in [3.63, 3.8) is 0 Å². The van der Waals surface area contributed by atoms with Gasteiger partial charge >= 0.3 is 0 Å². The van der Waals surface area contributed by atoms with Crippen molar-refractivity contribution in [2.45, 2.75) is 19.7 Å². The number of para-hydroxylation sites is 1. The van der Waals surface area contributed by atoms with Crippen LogP contribution in [0.3, 0.4) is 0 Å². The molecule has 0 aliphatic rings. The number of hydrogen-bond donors (Lipinski definition) is 1. The number of nitrogens with one attached hydrogen (secondary N) is 1. The van der Waals surface area contributed by atoms with E-state index in [0.29, 0.717) is 6.61 Å².